The Morgan fingerprint density at radius 3 is 2.54 bits per heavy atom. The maximum Gasteiger partial charge on any atom is 0.0676 e. The van der Waals surface area contributed by atoms with Crippen LogP contribution in [0.5, 0.6) is 0 Å². The van der Waals surface area contributed by atoms with Crippen molar-refractivity contribution in [3.63, 3.8) is 0 Å². The first-order chi connectivity index (χ1) is 6.24. The first-order valence-corrected chi connectivity index (χ1v) is 4.70. The Morgan fingerprint density at radius 1 is 1.38 bits per heavy atom. The summed E-state index contributed by atoms with van der Waals surface area (Å²) in [7, 11) is 0. The molecule has 1 aromatic carbocycles. The minimum Gasteiger partial charge on any atom is -0.411 e. The standard InChI is InChI=1S/C9H7BrClNO/c10-8-3-1-7(2-4-8)9(11)5-6-12-13/h1-6,13H. The lowest BCUT2D eigenvalue weighted by molar-refractivity contribution is 0.322. The Bertz CT molecular complexity index is 332. The van der Waals surface area contributed by atoms with Crippen LogP contribution in [0.3, 0.4) is 0 Å². The summed E-state index contributed by atoms with van der Waals surface area (Å²) in [5.74, 6) is 0. The van der Waals surface area contributed by atoms with Crippen LogP contribution in [-0.4, -0.2) is 11.4 Å². The van der Waals surface area contributed by atoms with E-state index in [4.69, 9.17) is 16.8 Å². The molecule has 0 saturated heterocycles. The molecular formula is C9H7BrClNO. The van der Waals surface area contributed by atoms with Crippen molar-refractivity contribution < 1.29 is 5.21 Å². The quantitative estimate of drug-likeness (QED) is 0.493. The molecule has 0 saturated carbocycles. The van der Waals surface area contributed by atoms with Crippen LogP contribution in [0.25, 0.3) is 5.03 Å². The van der Waals surface area contributed by atoms with Crippen molar-refractivity contribution in [2.24, 2.45) is 5.16 Å². The van der Waals surface area contributed by atoms with E-state index in [2.05, 4.69) is 21.1 Å². The molecule has 0 spiro atoms. The first-order valence-electron chi connectivity index (χ1n) is 3.53. The Labute approximate surface area is 89.7 Å². The molecule has 0 aliphatic heterocycles. The molecule has 1 rings (SSSR count). The van der Waals surface area contributed by atoms with Crippen LogP contribution in [0, 0.1) is 0 Å². The molecule has 0 aliphatic rings. The molecule has 0 aromatic heterocycles. The maximum absolute atomic E-state index is 8.16. The molecule has 0 heterocycles. The van der Waals surface area contributed by atoms with E-state index in [1.165, 1.54) is 12.3 Å². The van der Waals surface area contributed by atoms with Gasteiger partial charge in [-0.25, -0.2) is 0 Å². The fourth-order valence-electron chi connectivity index (χ4n) is 0.804. The molecule has 0 fully saturated rings. The van der Waals surface area contributed by atoms with E-state index in [1.807, 2.05) is 24.3 Å². The van der Waals surface area contributed by atoms with Crippen LogP contribution in [0.4, 0.5) is 0 Å². The SMILES string of the molecule is ON=CC=C(Cl)c1ccc(Br)cc1. The van der Waals surface area contributed by atoms with Gasteiger partial charge in [-0.15, -0.1) is 0 Å². The molecule has 4 heteroatoms. The molecule has 0 unspecified atom stereocenters. The highest BCUT2D eigenvalue weighted by Gasteiger charge is 1.95. The molecule has 2 nitrogen and oxygen atoms in total. The van der Waals surface area contributed by atoms with Gasteiger partial charge in [0.15, 0.2) is 0 Å². The van der Waals surface area contributed by atoms with E-state index >= 15 is 0 Å². The van der Waals surface area contributed by atoms with Gasteiger partial charge in [-0.3, -0.25) is 0 Å². The second-order valence-corrected chi connectivity index (χ2v) is 3.61. The molecule has 0 bridgehead atoms. The average molecular weight is 261 g/mol. The lowest BCUT2D eigenvalue weighted by Gasteiger charge is -1.97. The predicted molar refractivity (Wildman–Crippen MR) is 58.3 cm³/mol. The van der Waals surface area contributed by atoms with Gasteiger partial charge in [0.05, 0.1) is 6.21 Å². The summed E-state index contributed by atoms with van der Waals surface area (Å²) in [6.45, 7) is 0. The van der Waals surface area contributed by atoms with Gasteiger partial charge in [0.2, 0.25) is 0 Å². The number of nitrogens with zero attached hydrogens (tertiary/aromatic N) is 1. The number of rotatable bonds is 2. The minimum atomic E-state index is 0.533. The van der Waals surface area contributed by atoms with Crippen molar-refractivity contribution in [1.29, 1.82) is 0 Å². The number of halogens is 2. The molecule has 13 heavy (non-hydrogen) atoms. The summed E-state index contributed by atoms with van der Waals surface area (Å²) in [5.41, 5.74) is 0.879. The lowest BCUT2D eigenvalue weighted by atomic mass is 10.2. The predicted octanol–water partition coefficient (Wildman–Crippen LogP) is 3.49. The summed E-state index contributed by atoms with van der Waals surface area (Å²) in [4.78, 5) is 0. The van der Waals surface area contributed by atoms with E-state index in [0.29, 0.717) is 5.03 Å². The third-order valence-corrected chi connectivity index (χ3v) is 2.28. The highest BCUT2D eigenvalue weighted by Crippen LogP contribution is 2.20. The molecule has 0 atom stereocenters. The third-order valence-electron chi connectivity index (χ3n) is 1.41. The smallest absolute Gasteiger partial charge is 0.0676 e. The average Bonchev–Trinajstić information content (AvgIpc) is 2.15. The Balaban J connectivity index is 2.89. The largest absolute Gasteiger partial charge is 0.411 e. The Hall–Kier alpha value is -0.800. The highest BCUT2D eigenvalue weighted by atomic mass is 79.9. The zero-order valence-electron chi connectivity index (χ0n) is 6.61. The van der Waals surface area contributed by atoms with Crippen LogP contribution in [0.1, 0.15) is 5.56 Å². The van der Waals surface area contributed by atoms with Crippen molar-refractivity contribution >= 4 is 38.8 Å². The second-order valence-electron chi connectivity index (χ2n) is 2.29. The van der Waals surface area contributed by atoms with Crippen molar-refractivity contribution in [2.45, 2.75) is 0 Å². The molecule has 0 amide bonds. The van der Waals surface area contributed by atoms with E-state index < -0.39 is 0 Å². The van der Waals surface area contributed by atoms with Crippen molar-refractivity contribution in [2.75, 3.05) is 0 Å². The number of oxime groups is 1. The third kappa shape index (κ3) is 3.20. The van der Waals surface area contributed by atoms with Gasteiger partial charge >= 0.3 is 0 Å². The van der Waals surface area contributed by atoms with E-state index in [1.54, 1.807) is 0 Å². The second kappa shape index (κ2) is 5.04. The number of benzene rings is 1. The molecule has 1 aromatic rings. The van der Waals surface area contributed by atoms with E-state index in [0.717, 1.165) is 10.0 Å². The summed E-state index contributed by atoms with van der Waals surface area (Å²) in [5, 5.41) is 11.5. The van der Waals surface area contributed by atoms with Gasteiger partial charge in [-0.05, 0) is 23.8 Å². The maximum atomic E-state index is 8.16. The lowest BCUT2D eigenvalue weighted by Crippen LogP contribution is -1.77. The molecule has 0 aliphatic carbocycles. The molecule has 0 radical (unpaired) electrons. The van der Waals surface area contributed by atoms with Crippen LogP contribution >= 0.6 is 27.5 Å². The number of hydrogen-bond acceptors (Lipinski definition) is 2. The van der Waals surface area contributed by atoms with Gasteiger partial charge in [0, 0.05) is 9.51 Å². The van der Waals surface area contributed by atoms with Crippen molar-refractivity contribution in [3.8, 4) is 0 Å². The van der Waals surface area contributed by atoms with E-state index in [-0.39, 0.29) is 0 Å². The van der Waals surface area contributed by atoms with Gasteiger partial charge in [-0.1, -0.05) is 44.8 Å². The van der Waals surface area contributed by atoms with Gasteiger partial charge in [-0.2, -0.15) is 0 Å². The van der Waals surface area contributed by atoms with Crippen LogP contribution in [0.2, 0.25) is 0 Å². The summed E-state index contributed by atoms with van der Waals surface area (Å²) < 4.78 is 0.997. The summed E-state index contributed by atoms with van der Waals surface area (Å²) in [6.07, 6.45) is 2.75. The molecular weight excluding hydrogens is 253 g/mol. The fourth-order valence-corrected chi connectivity index (χ4v) is 1.25. The summed E-state index contributed by atoms with van der Waals surface area (Å²) >= 11 is 9.20. The minimum absolute atomic E-state index is 0.533. The van der Waals surface area contributed by atoms with Gasteiger partial charge < -0.3 is 5.21 Å². The first kappa shape index (κ1) is 10.3. The topological polar surface area (TPSA) is 32.6 Å². The van der Waals surface area contributed by atoms with Crippen LogP contribution < -0.4 is 0 Å². The van der Waals surface area contributed by atoms with Crippen molar-refractivity contribution in [1.82, 2.24) is 0 Å². The van der Waals surface area contributed by atoms with Gasteiger partial charge in [0.25, 0.3) is 0 Å². The highest BCUT2D eigenvalue weighted by molar-refractivity contribution is 9.10. The Morgan fingerprint density at radius 2 is 2.00 bits per heavy atom. The molecule has 1 N–H and O–H groups in total. The number of allylic oxidation sites excluding steroid dienone is 1. The van der Waals surface area contributed by atoms with Crippen LogP contribution in [-0.2, 0) is 0 Å². The summed E-state index contributed by atoms with van der Waals surface area (Å²) in [6, 6.07) is 7.52. The van der Waals surface area contributed by atoms with Crippen LogP contribution in [0.15, 0.2) is 40.0 Å². The monoisotopic (exact) mass is 259 g/mol. The van der Waals surface area contributed by atoms with Gasteiger partial charge in [0.1, 0.15) is 0 Å². The normalized spacial score (nSPS) is 12.3. The molecule has 68 valence electrons. The zero-order chi connectivity index (χ0) is 9.68. The van der Waals surface area contributed by atoms with Crippen molar-refractivity contribution in [3.05, 3.63) is 40.4 Å². The van der Waals surface area contributed by atoms with E-state index in [9.17, 15) is 0 Å². The Kier molecular flexibility index (Phi) is 3.99. The fraction of sp³-hybridized carbons (Fsp3) is 0. The number of hydrogen-bond donors (Lipinski definition) is 1. The zero-order valence-corrected chi connectivity index (χ0v) is 8.96.